The van der Waals surface area contributed by atoms with Crippen molar-refractivity contribution in [1.29, 1.82) is 0 Å². The predicted octanol–water partition coefficient (Wildman–Crippen LogP) is 3.80. The molecule has 0 aliphatic heterocycles. The van der Waals surface area contributed by atoms with Crippen LogP contribution in [0.3, 0.4) is 0 Å². The Labute approximate surface area is 92.4 Å². The van der Waals surface area contributed by atoms with Gasteiger partial charge < -0.3 is 0 Å². The van der Waals surface area contributed by atoms with E-state index in [9.17, 15) is 0 Å². The predicted molar refractivity (Wildman–Crippen MR) is 62.3 cm³/mol. The minimum absolute atomic E-state index is 0.967. The molecule has 0 nitrogen and oxygen atoms in total. The number of allylic oxidation sites excluding steroid dienone is 4. The van der Waals surface area contributed by atoms with Gasteiger partial charge in [-0.3, -0.25) is 0 Å². The molecule has 4 aliphatic carbocycles. The summed E-state index contributed by atoms with van der Waals surface area (Å²) in [6, 6.07) is 0. The Morgan fingerprint density at radius 2 is 1.20 bits per heavy atom. The van der Waals surface area contributed by atoms with Gasteiger partial charge in [0.15, 0.2) is 0 Å². The summed E-state index contributed by atoms with van der Waals surface area (Å²) >= 11 is 0. The summed E-state index contributed by atoms with van der Waals surface area (Å²) in [5.74, 6) is 5.98. The van der Waals surface area contributed by atoms with Crippen molar-refractivity contribution in [3.63, 3.8) is 0 Å². The Hall–Kier alpha value is -0.520. The molecule has 4 bridgehead atoms. The Kier molecular flexibility index (Phi) is 1.72. The Morgan fingerprint density at radius 3 is 1.53 bits per heavy atom. The second-order valence-electron chi connectivity index (χ2n) is 6.32. The van der Waals surface area contributed by atoms with Crippen LogP contribution < -0.4 is 0 Å². The van der Waals surface area contributed by atoms with E-state index in [0.717, 1.165) is 35.5 Å². The maximum absolute atomic E-state index is 2.52. The molecule has 0 aromatic carbocycles. The molecule has 0 amide bonds. The van der Waals surface area contributed by atoms with Crippen LogP contribution in [0.5, 0.6) is 0 Å². The second kappa shape index (κ2) is 2.99. The molecule has 0 radical (unpaired) electrons. The minimum atomic E-state index is 0.967. The quantitative estimate of drug-likeness (QED) is 0.595. The Morgan fingerprint density at radius 1 is 0.667 bits per heavy atom. The van der Waals surface area contributed by atoms with Crippen molar-refractivity contribution in [3.8, 4) is 0 Å². The standard InChI is InChI=1S/C15H20/c1-3-12-5-10(1)7-14(12)9-15-8-11-2-4-13(15)6-11/h1-4,10-15H,5-9H2. The van der Waals surface area contributed by atoms with Crippen LogP contribution in [-0.2, 0) is 0 Å². The van der Waals surface area contributed by atoms with Gasteiger partial charge in [-0.05, 0) is 67.6 Å². The zero-order chi connectivity index (χ0) is 9.83. The molecular weight excluding hydrogens is 180 g/mol. The van der Waals surface area contributed by atoms with Gasteiger partial charge in [0.25, 0.3) is 0 Å². The van der Waals surface area contributed by atoms with Crippen molar-refractivity contribution in [3.05, 3.63) is 24.3 Å². The lowest BCUT2D eigenvalue weighted by Gasteiger charge is -2.25. The first-order chi connectivity index (χ1) is 7.38. The van der Waals surface area contributed by atoms with E-state index in [4.69, 9.17) is 0 Å². The topological polar surface area (TPSA) is 0 Å². The highest BCUT2D eigenvalue weighted by Crippen LogP contribution is 2.51. The summed E-state index contributed by atoms with van der Waals surface area (Å²) < 4.78 is 0. The number of hydrogen-bond donors (Lipinski definition) is 0. The largest absolute Gasteiger partial charge is 0.0851 e. The molecule has 2 saturated carbocycles. The summed E-state index contributed by atoms with van der Waals surface area (Å²) in [5.41, 5.74) is 0. The highest BCUT2D eigenvalue weighted by atomic mass is 14.5. The normalized spacial score (nSPS) is 54.7. The van der Waals surface area contributed by atoms with Gasteiger partial charge in [-0.2, -0.15) is 0 Å². The summed E-state index contributed by atoms with van der Waals surface area (Å²) in [5, 5.41) is 0. The third-order valence-corrected chi connectivity index (χ3v) is 5.44. The molecular formula is C15H20. The monoisotopic (exact) mass is 200 g/mol. The van der Waals surface area contributed by atoms with Gasteiger partial charge in [0, 0.05) is 0 Å². The van der Waals surface area contributed by atoms with Crippen LogP contribution in [0.1, 0.15) is 32.1 Å². The van der Waals surface area contributed by atoms with Gasteiger partial charge in [0.1, 0.15) is 0 Å². The van der Waals surface area contributed by atoms with Gasteiger partial charge in [0.05, 0.1) is 0 Å². The average Bonchev–Trinajstić information content (AvgIpc) is 2.96. The van der Waals surface area contributed by atoms with Gasteiger partial charge in [0.2, 0.25) is 0 Å². The molecule has 15 heavy (non-hydrogen) atoms. The Bertz CT molecular complexity index is 293. The second-order valence-corrected chi connectivity index (χ2v) is 6.32. The molecule has 6 unspecified atom stereocenters. The first-order valence-electron chi connectivity index (χ1n) is 6.75. The first kappa shape index (κ1) is 8.61. The molecule has 2 fully saturated rings. The third-order valence-electron chi connectivity index (χ3n) is 5.44. The SMILES string of the molecule is C1=CC2CC1CC2CC1CC2C=CC1C2. The van der Waals surface area contributed by atoms with Gasteiger partial charge >= 0.3 is 0 Å². The zero-order valence-corrected chi connectivity index (χ0v) is 9.31. The maximum Gasteiger partial charge on any atom is -0.0199 e. The highest BCUT2D eigenvalue weighted by molar-refractivity contribution is 5.13. The van der Waals surface area contributed by atoms with E-state index in [1.54, 1.807) is 0 Å². The fourth-order valence-electron chi connectivity index (χ4n) is 4.72. The van der Waals surface area contributed by atoms with E-state index >= 15 is 0 Å². The minimum Gasteiger partial charge on any atom is -0.0851 e. The van der Waals surface area contributed by atoms with Crippen LogP contribution in [0.25, 0.3) is 0 Å². The molecule has 0 heterocycles. The van der Waals surface area contributed by atoms with E-state index in [2.05, 4.69) is 24.3 Å². The molecule has 80 valence electrons. The van der Waals surface area contributed by atoms with E-state index in [1.165, 1.54) is 32.1 Å². The van der Waals surface area contributed by atoms with Gasteiger partial charge in [-0.1, -0.05) is 24.3 Å². The van der Waals surface area contributed by atoms with Crippen LogP contribution in [0.15, 0.2) is 24.3 Å². The van der Waals surface area contributed by atoms with E-state index < -0.39 is 0 Å². The lowest BCUT2D eigenvalue weighted by atomic mass is 9.80. The van der Waals surface area contributed by atoms with Crippen molar-refractivity contribution in [2.45, 2.75) is 32.1 Å². The summed E-state index contributed by atoms with van der Waals surface area (Å²) in [6.07, 6.45) is 17.5. The van der Waals surface area contributed by atoms with Crippen molar-refractivity contribution in [2.75, 3.05) is 0 Å². The van der Waals surface area contributed by atoms with Crippen LogP contribution in [0.2, 0.25) is 0 Å². The number of hydrogen-bond acceptors (Lipinski definition) is 0. The Balaban J connectivity index is 1.45. The van der Waals surface area contributed by atoms with Crippen molar-refractivity contribution >= 4 is 0 Å². The molecule has 6 atom stereocenters. The fraction of sp³-hybridized carbons (Fsp3) is 0.733. The summed E-state index contributed by atoms with van der Waals surface area (Å²) in [6.45, 7) is 0. The lowest BCUT2D eigenvalue weighted by Crippen LogP contribution is -2.16. The van der Waals surface area contributed by atoms with Crippen LogP contribution in [0, 0.1) is 35.5 Å². The third kappa shape index (κ3) is 1.26. The maximum atomic E-state index is 2.52. The van der Waals surface area contributed by atoms with Crippen LogP contribution in [-0.4, -0.2) is 0 Å². The number of rotatable bonds is 2. The molecule has 4 aliphatic rings. The summed E-state index contributed by atoms with van der Waals surface area (Å²) in [7, 11) is 0. The highest BCUT2D eigenvalue weighted by Gasteiger charge is 2.41. The van der Waals surface area contributed by atoms with E-state index in [1.807, 2.05) is 0 Å². The fourth-order valence-corrected chi connectivity index (χ4v) is 4.72. The zero-order valence-electron chi connectivity index (χ0n) is 9.31. The van der Waals surface area contributed by atoms with Crippen LogP contribution in [0.4, 0.5) is 0 Å². The van der Waals surface area contributed by atoms with Gasteiger partial charge in [-0.25, -0.2) is 0 Å². The van der Waals surface area contributed by atoms with Crippen molar-refractivity contribution < 1.29 is 0 Å². The van der Waals surface area contributed by atoms with Crippen molar-refractivity contribution in [1.82, 2.24) is 0 Å². The first-order valence-corrected chi connectivity index (χ1v) is 6.75. The van der Waals surface area contributed by atoms with Crippen molar-refractivity contribution in [2.24, 2.45) is 35.5 Å². The average molecular weight is 200 g/mol. The molecule has 4 rings (SSSR count). The molecule has 0 spiro atoms. The van der Waals surface area contributed by atoms with Gasteiger partial charge in [-0.15, -0.1) is 0 Å². The summed E-state index contributed by atoms with van der Waals surface area (Å²) in [4.78, 5) is 0. The van der Waals surface area contributed by atoms with E-state index in [-0.39, 0.29) is 0 Å². The molecule has 0 aromatic rings. The molecule has 0 N–H and O–H groups in total. The van der Waals surface area contributed by atoms with E-state index in [0.29, 0.717) is 0 Å². The smallest absolute Gasteiger partial charge is 0.0199 e. The lowest BCUT2D eigenvalue weighted by molar-refractivity contribution is 0.299. The molecule has 0 heteroatoms. The number of fused-ring (bicyclic) bond motifs is 4. The molecule has 0 saturated heterocycles. The van der Waals surface area contributed by atoms with Crippen LogP contribution >= 0.6 is 0 Å². The molecule has 0 aromatic heterocycles.